The van der Waals surface area contributed by atoms with Crippen LogP contribution in [0, 0.1) is 0 Å². The molecule has 3 rings (SSSR count). The predicted octanol–water partition coefficient (Wildman–Crippen LogP) is 1.93. The Balaban J connectivity index is 2.05. The van der Waals surface area contributed by atoms with Gasteiger partial charge in [-0.15, -0.1) is 0 Å². The zero-order valence-electron chi connectivity index (χ0n) is 10.0. The van der Waals surface area contributed by atoms with Gasteiger partial charge in [0.2, 0.25) is 5.95 Å². The molecule has 0 fully saturated rings. The summed E-state index contributed by atoms with van der Waals surface area (Å²) >= 11 is 0. The lowest BCUT2D eigenvalue weighted by Crippen LogP contribution is -2.03. The Labute approximate surface area is 109 Å². The van der Waals surface area contributed by atoms with Gasteiger partial charge in [-0.1, -0.05) is 12.1 Å². The van der Waals surface area contributed by atoms with Crippen molar-refractivity contribution in [2.45, 2.75) is 0 Å². The number of nitrogens with two attached hydrogens (primary N) is 2. The molecule has 0 aliphatic heterocycles. The molecule has 3 aromatic rings. The van der Waals surface area contributed by atoms with E-state index in [2.05, 4.69) is 20.3 Å². The molecule has 2 heterocycles. The number of benzene rings is 1. The molecular formula is C13H12N6. The molecule has 0 spiro atoms. The largest absolute Gasteiger partial charge is 0.383 e. The van der Waals surface area contributed by atoms with E-state index in [0.717, 1.165) is 16.5 Å². The van der Waals surface area contributed by atoms with E-state index in [9.17, 15) is 0 Å². The minimum Gasteiger partial charge on any atom is -0.383 e. The summed E-state index contributed by atoms with van der Waals surface area (Å²) in [6, 6.07) is 9.50. The predicted molar refractivity (Wildman–Crippen MR) is 75.9 cm³/mol. The summed E-state index contributed by atoms with van der Waals surface area (Å²) in [5.41, 5.74) is 12.1. The molecule has 19 heavy (non-hydrogen) atoms. The van der Waals surface area contributed by atoms with Crippen LogP contribution in [-0.2, 0) is 0 Å². The summed E-state index contributed by atoms with van der Waals surface area (Å²) in [6.07, 6.45) is 3.55. The molecule has 6 nitrogen and oxygen atoms in total. The second-order valence-corrected chi connectivity index (χ2v) is 4.06. The number of fused-ring (bicyclic) bond motifs is 1. The molecule has 1 aromatic carbocycles. The highest BCUT2D eigenvalue weighted by Crippen LogP contribution is 2.25. The first-order valence-corrected chi connectivity index (χ1v) is 5.72. The maximum absolute atomic E-state index is 5.64. The molecule has 0 aliphatic rings. The standard InChI is InChI=1S/C13H12N6/c14-11-6-12(19-13(15)18-11)17-10-3-1-2-8-4-5-16-7-9(8)10/h1-7H,(H5,14,15,17,18,19). The second kappa shape index (κ2) is 4.41. The number of aromatic nitrogens is 3. The van der Waals surface area contributed by atoms with Crippen LogP contribution >= 0.6 is 0 Å². The van der Waals surface area contributed by atoms with Gasteiger partial charge in [0.25, 0.3) is 0 Å². The Bertz CT molecular complexity index is 715. The van der Waals surface area contributed by atoms with E-state index < -0.39 is 0 Å². The van der Waals surface area contributed by atoms with Crippen LogP contribution in [0.4, 0.5) is 23.3 Å². The number of hydrogen-bond donors (Lipinski definition) is 3. The van der Waals surface area contributed by atoms with Gasteiger partial charge in [0.1, 0.15) is 11.6 Å². The van der Waals surface area contributed by atoms with E-state index in [1.807, 2.05) is 24.3 Å². The van der Waals surface area contributed by atoms with Crippen LogP contribution in [0.1, 0.15) is 0 Å². The quantitative estimate of drug-likeness (QED) is 0.644. The molecule has 5 N–H and O–H groups in total. The zero-order chi connectivity index (χ0) is 13.2. The molecule has 6 heteroatoms. The average Bonchev–Trinajstić information content (AvgIpc) is 2.38. The van der Waals surface area contributed by atoms with Gasteiger partial charge in [-0.05, 0) is 17.5 Å². The first-order valence-electron chi connectivity index (χ1n) is 5.72. The Morgan fingerprint density at radius 1 is 1.05 bits per heavy atom. The normalized spacial score (nSPS) is 10.5. The highest BCUT2D eigenvalue weighted by atomic mass is 15.1. The summed E-state index contributed by atoms with van der Waals surface area (Å²) in [6.45, 7) is 0. The van der Waals surface area contributed by atoms with Gasteiger partial charge in [0.15, 0.2) is 0 Å². The maximum Gasteiger partial charge on any atom is 0.223 e. The molecule has 94 valence electrons. The van der Waals surface area contributed by atoms with E-state index in [1.54, 1.807) is 18.5 Å². The van der Waals surface area contributed by atoms with Crippen LogP contribution in [0.2, 0.25) is 0 Å². The minimum absolute atomic E-state index is 0.140. The Morgan fingerprint density at radius 3 is 2.79 bits per heavy atom. The van der Waals surface area contributed by atoms with Crippen molar-refractivity contribution in [2.24, 2.45) is 0 Å². The lowest BCUT2D eigenvalue weighted by Gasteiger charge is -2.09. The molecule has 0 radical (unpaired) electrons. The van der Waals surface area contributed by atoms with Crippen molar-refractivity contribution in [1.29, 1.82) is 0 Å². The van der Waals surface area contributed by atoms with Gasteiger partial charge in [0.05, 0.1) is 0 Å². The van der Waals surface area contributed by atoms with Crippen LogP contribution in [0.3, 0.4) is 0 Å². The fourth-order valence-electron chi connectivity index (χ4n) is 1.91. The van der Waals surface area contributed by atoms with Crippen LogP contribution in [0.15, 0.2) is 42.7 Å². The fraction of sp³-hybridized carbons (Fsp3) is 0. The van der Waals surface area contributed by atoms with Crippen molar-refractivity contribution in [2.75, 3.05) is 16.8 Å². The third kappa shape index (κ3) is 2.23. The van der Waals surface area contributed by atoms with Crippen molar-refractivity contribution in [3.63, 3.8) is 0 Å². The number of nitrogens with one attached hydrogen (secondary N) is 1. The second-order valence-electron chi connectivity index (χ2n) is 4.06. The minimum atomic E-state index is 0.140. The van der Waals surface area contributed by atoms with Crippen molar-refractivity contribution in [1.82, 2.24) is 15.0 Å². The molecule has 0 aliphatic carbocycles. The van der Waals surface area contributed by atoms with Crippen molar-refractivity contribution < 1.29 is 0 Å². The first kappa shape index (κ1) is 11.2. The highest BCUT2D eigenvalue weighted by molar-refractivity contribution is 5.94. The smallest absolute Gasteiger partial charge is 0.223 e. The lowest BCUT2D eigenvalue weighted by atomic mass is 10.1. The number of rotatable bonds is 2. The number of nitrogens with zero attached hydrogens (tertiary/aromatic N) is 3. The van der Waals surface area contributed by atoms with Gasteiger partial charge in [0, 0.05) is 29.5 Å². The van der Waals surface area contributed by atoms with Crippen LogP contribution in [-0.4, -0.2) is 15.0 Å². The monoisotopic (exact) mass is 252 g/mol. The van der Waals surface area contributed by atoms with E-state index >= 15 is 0 Å². The Hall–Kier alpha value is -2.89. The van der Waals surface area contributed by atoms with E-state index in [1.165, 1.54) is 0 Å². The fourth-order valence-corrected chi connectivity index (χ4v) is 1.91. The number of hydrogen-bond acceptors (Lipinski definition) is 6. The number of pyridine rings is 1. The van der Waals surface area contributed by atoms with Gasteiger partial charge in [-0.25, -0.2) is 0 Å². The molecule has 0 bridgehead atoms. The topological polar surface area (TPSA) is 103 Å². The third-order valence-electron chi connectivity index (χ3n) is 2.71. The van der Waals surface area contributed by atoms with E-state index in [4.69, 9.17) is 11.5 Å². The molecule has 0 unspecified atom stereocenters. The summed E-state index contributed by atoms with van der Waals surface area (Å²) in [4.78, 5) is 12.0. The molecule has 0 atom stereocenters. The lowest BCUT2D eigenvalue weighted by molar-refractivity contribution is 1.19. The zero-order valence-corrected chi connectivity index (χ0v) is 10.0. The Kier molecular flexibility index (Phi) is 2.60. The SMILES string of the molecule is Nc1cc(Nc2cccc3ccncc23)nc(N)n1. The Morgan fingerprint density at radius 2 is 1.95 bits per heavy atom. The third-order valence-corrected chi connectivity index (χ3v) is 2.71. The summed E-state index contributed by atoms with van der Waals surface area (Å²) in [5.74, 6) is 1.02. The highest BCUT2D eigenvalue weighted by Gasteiger charge is 2.04. The molecule has 2 aromatic heterocycles. The van der Waals surface area contributed by atoms with Crippen molar-refractivity contribution >= 4 is 34.0 Å². The van der Waals surface area contributed by atoms with Crippen molar-refractivity contribution in [3.8, 4) is 0 Å². The van der Waals surface area contributed by atoms with Gasteiger partial charge >= 0.3 is 0 Å². The molecule has 0 saturated carbocycles. The first-order chi connectivity index (χ1) is 9.22. The van der Waals surface area contributed by atoms with Crippen molar-refractivity contribution in [3.05, 3.63) is 42.7 Å². The molecule has 0 amide bonds. The molecular weight excluding hydrogens is 240 g/mol. The summed E-state index contributed by atoms with van der Waals surface area (Å²) in [7, 11) is 0. The summed E-state index contributed by atoms with van der Waals surface area (Å²) in [5, 5.41) is 5.27. The van der Waals surface area contributed by atoms with Gasteiger partial charge in [-0.2, -0.15) is 9.97 Å². The molecule has 0 saturated heterocycles. The van der Waals surface area contributed by atoms with E-state index in [0.29, 0.717) is 11.6 Å². The summed E-state index contributed by atoms with van der Waals surface area (Å²) < 4.78 is 0. The van der Waals surface area contributed by atoms with E-state index in [-0.39, 0.29) is 5.95 Å². The van der Waals surface area contributed by atoms with Crippen LogP contribution < -0.4 is 16.8 Å². The van der Waals surface area contributed by atoms with Gasteiger partial charge in [-0.3, -0.25) is 4.98 Å². The number of nitrogen functional groups attached to an aromatic ring is 2. The number of anilines is 4. The van der Waals surface area contributed by atoms with Crippen LogP contribution in [0.25, 0.3) is 10.8 Å². The maximum atomic E-state index is 5.64. The average molecular weight is 252 g/mol. The van der Waals surface area contributed by atoms with Crippen LogP contribution in [0.5, 0.6) is 0 Å². The van der Waals surface area contributed by atoms with Gasteiger partial charge < -0.3 is 16.8 Å².